The van der Waals surface area contributed by atoms with Gasteiger partial charge in [0.2, 0.25) is 5.91 Å². The Balaban J connectivity index is 1.86. The van der Waals surface area contributed by atoms with Crippen LogP contribution in [0.4, 0.5) is 5.69 Å². The zero-order chi connectivity index (χ0) is 15.8. The van der Waals surface area contributed by atoms with Gasteiger partial charge in [-0.25, -0.2) is 0 Å². The molecule has 0 radical (unpaired) electrons. The van der Waals surface area contributed by atoms with Crippen LogP contribution in [0.2, 0.25) is 0 Å². The highest BCUT2D eigenvalue weighted by molar-refractivity contribution is 5.91. The molecule has 0 aliphatic heterocycles. The van der Waals surface area contributed by atoms with Crippen LogP contribution in [-0.4, -0.2) is 26.7 Å². The van der Waals surface area contributed by atoms with Crippen LogP contribution in [0.3, 0.4) is 0 Å². The molecule has 22 heavy (non-hydrogen) atoms. The summed E-state index contributed by atoms with van der Waals surface area (Å²) in [7, 11) is 3.13. The van der Waals surface area contributed by atoms with Crippen molar-refractivity contribution in [2.24, 2.45) is 0 Å². The summed E-state index contributed by atoms with van der Waals surface area (Å²) in [6.45, 7) is 0.316. The molecule has 0 saturated heterocycles. The summed E-state index contributed by atoms with van der Waals surface area (Å²) in [5.74, 6) is 1.86. The number of hydrogen-bond donors (Lipinski definition) is 1. The van der Waals surface area contributed by atoms with E-state index in [4.69, 9.17) is 14.2 Å². The van der Waals surface area contributed by atoms with Crippen molar-refractivity contribution in [3.05, 3.63) is 48.5 Å². The molecule has 2 aromatic carbocycles. The molecule has 0 unspecified atom stereocenters. The molecule has 2 rings (SSSR count). The fourth-order valence-electron chi connectivity index (χ4n) is 1.88. The number of benzene rings is 2. The topological polar surface area (TPSA) is 56.8 Å². The van der Waals surface area contributed by atoms with E-state index in [1.54, 1.807) is 32.4 Å². The van der Waals surface area contributed by atoms with Gasteiger partial charge in [-0.2, -0.15) is 0 Å². The van der Waals surface area contributed by atoms with Crippen LogP contribution in [0.5, 0.6) is 17.2 Å². The van der Waals surface area contributed by atoms with Gasteiger partial charge in [-0.05, 0) is 12.1 Å². The first kappa shape index (κ1) is 15.7. The third-order valence-corrected chi connectivity index (χ3v) is 2.98. The molecular weight excluding hydrogens is 282 g/mol. The lowest BCUT2D eigenvalue weighted by molar-refractivity contribution is -0.116. The highest BCUT2D eigenvalue weighted by Crippen LogP contribution is 2.25. The van der Waals surface area contributed by atoms with E-state index in [2.05, 4.69) is 5.32 Å². The number of carbonyl (C=O) groups excluding carboxylic acids is 1. The van der Waals surface area contributed by atoms with Crippen LogP contribution < -0.4 is 19.5 Å². The van der Waals surface area contributed by atoms with Crippen LogP contribution in [0.25, 0.3) is 0 Å². The molecule has 0 heterocycles. The molecule has 1 amide bonds. The molecule has 116 valence electrons. The van der Waals surface area contributed by atoms with Gasteiger partial charge < -0.3 is 19.5 Å². The van der Waals surface area contributed by atoms with Crippen LogP contribution >= 0.6 is 0 Å². The lowest BCUT2D eigenvalue weighted by Gasteiger charge is -2.10. The average Bonchev–Trinajstić information content (AvgIpc) is 2.55. The molecule has 5 heteroatoms. The first-order valence-corrected chi connectivity index (χ1v) is 6.92. The fraction of sp³-hybridized carbons (Fsp3) is 0.235. The van der Waals surface area contributed by atoms with Crippen LogP contribution in [-0.2, 0) is 4.79 Å². The van der Waals surface area contributed by atoms with Gasteiger partial charge in [-0.3, -0.25) is 4.79 Å². The van der Waals surface area contributed by atoms with Gasteiger partial charge in [0.1, 0.15) is 17.2 Å². The summed E-state index contributed by atoms with van der Waals surface area (Å²) in [5.41, 5.74) is 0.626. The number of para-hydroxylation sites is 1. The highest BCUT2D eigenvalue weighted by atomic mass is 16.5. The molecule has 0 atom stereocenters. The monoisotopic (exact) mass is 301 g/mol. The maximum absolute atomic E-state index is 11.9. The number of hydrogen-bond acceptors (Lipinski definition) is 4. The third kappa shape index (κ3) is 4.70. The summed E-state index contributed by atoms with van der Waals surface area (Å²) in [4.78, 5) is 11.9. The van der Waals surface area contributed by atoms with Crippen LogP contribution in [0.15, 0.2) is 48.5 Å². The Morgan fingerprint density at radius 2 is 1.59 bits per heavy atom. The lowest BCUT2D eigenvalue weighted by Crippen LogP contribution is -2.15. The largest absolute Gasteiger partial charge is 0.497 e. The van der Waals surface area contributed by atoms with Gasteiger partial charge in [0.05, 0.1) is 27.2 Å². The average molecular weight is 301 g/mol. The van der Waals surface area contributed by atoms with Crippen molar-refractivity contribution in [2.45, 2.75) is 6.42 Å². The van der Waals surface area contributed by atoms with E-state index >= 15 is 0 Å². The molecule has 0 spiro atoms. The number of nitrogens with one attached hydrogen (secondary N) is 1. The molecule has 5 nitrogen and oxygen atoms in total. The smallest absolute Gasteiger partial charge is 0.227 e. The molecular formula is C17H19NO4. The number of ether oxygens (including phenoxy) is 3. The lowest BCUT2D eigenvalue weighted by atomic mass is 10.2. The van der Waals surface area contributed by atoms with E-state index in [0.717, 1.165) is 5.75 Å². The van der Waals surface area contributed by atoms with Crippen molar-refractivity contribution in [3.63, 3.8) is 0 Å². The SMILES string of the molecule is COc1cc(NC(=O)CCOc2ccccc2)cc(OC)c1. The number of anilines is 1. The Morgan fingerprint density at radius 1 is 0.955 bits per heavy atom. The minimum atomic E-state index is -0.133. The summed E-state index contributed by atoms with van der Waals surface area (Å²) in [6, 6.07) is 14.6. The standard InChI is InChI=1S/C17H19NO4/c1-20-15-10-13(11-16(12-15)21-2)18-17(19)8-9-22-14-6-4-3-5-7-14/h3-7,10-12H,8-9H2,1-2H3,(H,18,19). The predicted molar refractivity (Wildman–Crippen MR) is 84.7 cm³/mol. The van der Waals surface area contributed by atoms with Crippen molar-refractivity contribution >= 4 is 11.6 Å². The fourth-order valence-corrected chi connectivity index (χ4v) is 1.88. The Hall–Kier alpha value is -2.69. The number of amides is 1. The molecule has 1 N–H and O–H groups in total. The third-order valence-electron chi connectivity index (χ3n) is 2.98. The van der Waals surface area contributed by atoms with Gasteiger partial charge in [-0.1, -0.05) is 18.2 Å². The Bertz CT molecular complexity index is 591. The van der Waals surface area contributed by atoms with Crippen molar-refractivity contribution in [1.82, 2.24) is 0 Å². The minimum absolute atomic E-state index is 0.133. The highest BCUT2D eigenvalue weighted by Gasteiger charge is 2.06. The van der Waals surface area contributed by atoms with Gasteiger partial charge in [0, 0.05) is 23.9 Å². The molecule has 0 aromatic heterocycles. The van der Waals surface area contributed by atoms with E-state index in [-0.39, 0.29) is 12.3 Å². The quantitative estimate of drug-likeness (QED) is 0.853. The van der Waals surface area contributed by atoms with Gasteiger partial charge in [0.25, 0.3) is 0 Å². The van der Waals surface area contributed by atoms with Crippen molar-refractivity contribution in [1.29, 1.82) is 0 Å². The summed E-state index contributed by atoms with van der Waals surface area (Å²) in [6.07, 6.45) is 0.258. The zero-order valence-corrected chi connectivity index (χ0v) is 12.7. The maximum atomic E-state index is 11.9. The number of methoxy groups -OCH3 is 2. The Kier molecular flexibility index (Phi) is 5.65. The van der Waals surface area contributed by atoms with E-state index in [9.17, 15) is 4.79 Å². The molecule has 2 aromatic rings. The normalized spacial score (nSPS) is 9.91. The van der Waals surface area contributed by atoms with Crippen molar-refractivity contribution in [3.8, 4) is 17.2 Å². The van der Waals surface area contributed by atoms with E-state index in [1.165, 1.54) is 0 Å². The Morgan fingerprint density at radius 3 is 2.18 bits per heavy atom. The number of carbonyl (C=O) groups is 1. The second kappa shape index (κ2) is 7.93. The summed E-state index contributed by atoms with van der Waals surface area (Å²) in [5, 5.41) is 2.80. The first-order valence-electron chi connectivity index (χ1n) is 6.92. The molecule has 0 aliphatic rings. The first-order chi connectivity index (χ1) is 10.7. The van der Waals surface area contributed by atoms with Crippen molar-refractivity contribution < 1.29 is 19.0 Å². The van der Waals surface area contributed by atoms with Crippen molar-refractivity contribution in [2.75, 3.05) is 26.1 Å². The second-order valence-corrected chi connectivity index (χ2v) is 4.56. The molecule has 0 bridgehead atoms. The Labute approximate surface area is 129 Å². The number of rotatable bonds is 7. The minimum Gasteiger partial charge on any atom is -0.497 e. The summed E-state index contributed by atoms with van der Waals surface area (Å²) >= 11 is 0. The van der Waals surface area contributed by atoms with Gasteiger partial charge in [-0.15, -0.1) is 0 Å². The van der Waals surface area contributed by atoms with E-state index in [1.807, 2.05) is 30.3 Å². The van der Waals surface area contributed by atoms with Gasteiger partial charge >= 0.3 is 0 Å². The predicted octanol–water partition coefficient (Wildman–Crippen LogP) is 3.11. The van der Waals surface area contributed by atoms with E-state index in [0.29, 0.717) is 23.8 Å². The molecule has 0 saturated carbocycles. The zero-order valence-electron chi connectivity index (χ0n) is 12.7. The van der Waals surface area contributed by atoms with Crippen LogP contribution in [0.1, 0.15) is 6.42 Å². The summed E-state index contributed by atoms with van der Waals surface area (Å²) < 4.78 is 15.8. The van der Waals surface area contributed by atoms with Crippen LogP contribution in [0, 0.1) is 0 Å². The second-order valence-electron chi connectivity index (χ2n) is 4.56. The van der Waals surface area contributed by atoms with E-state index < -0.39 is 0 Å². The van der Waals surface area contributed by atoms with Gasteiger partial charge in [0.15, 0.2) is 0 Å². The molecule has 0 aliphatic carbocycles. The maximum Gasteiger partial charge on any atom is 0.227 e. The molecule has 0 fully saturated rings.